The maximum absolute atomic E-state index is 11.1. The van der Waals surface area contributed by atoms with E-state index in [4.69, 9.17) is 10.5 Å². The van der Waals surface area contributed by atoms with Crippen molar-refractivity contribution in [3.8, 4) is 0 Å². The number of nitrogens with two attached hydrogens (primary N) is 1. The van der Waals surface area contributed by atoms with Gasteiger partial charge in [-0.05, 0) is 12.8 Å². The minimum Gasteiger partial charge on any atom is -0.367 e. The number of ether oxygens (including phenoxy) is 1. The zero-order valence-electron chi connectivity index (χ0n) is 7.67. The highest BCUT2D eigenvalue weighted by Gasteiger charge is 2.33. The molecular weight excluding hydrogens is 174 g/mol. The molecule has 0 rings (SSSR count). The van der Waals surface area contributed by atoms with E-state index in [1.165, 1.54) is 0 Å². The largest absolute Gasteiger partial charge is 0.367 e. The van der Waals surface area contributed by atoms with Crippen molar-refractivity contribution >= 4 is 18.5 Å². The standard InChI is InChI=1S/C8H17NO2S/c1-3-8(4-2,7(9)10)11-5-6-12/h12H,3-6H2,1-2H3,(H2,9,10). The Labute approximate surface area is 79.1 Å². The summed E-state index contributed by atoms with van der Waals surface area (Å²) >= 11 is 4.00. The third-order valence-corrected chi connectivity index (χ3v) is 2.24. The van der Waals surface area contributed by atoms with Crippen LogP contribution in [0.15, 0.2) is 0 Å². The second-order valence-electron chi connectivity index (χ2n) is 2.64. The van der Waals surface area contributed by atoms with Crippen LogP contribution in [-0.4, -0.2) is 23.9 Å². The van der Waals surface area contributed by atoms with Gasteiger partial charge in [0.05, 0.1) is 6.61 Å². The summed E-state index contributed by atoms with van der Waals surface area (Å²) in [6.07, 6.45) is 1.24. The average Bonchev–Trinajstić information content (AvgIpc) is 2.07. The van der Waals surface area contributed by atoms with Gasteiger partial charge in [0.15, 0.2) is 0 Å². The van der Waals surface area contributed by atoms with E-state index >= 15 is 0 Å². The zero-order chi connectivity index (χ0) is 9.61. The molecule has 0 aliphatic heterocycles. The number of hydrogen-bond donors (Lipinski definition) is 2. The van der Waals surface area contributed by atoms with Gasteiger partial charge in [0.25, 0.3) is 0 Å². The minimum absolute atomic E-state index is 0.380. The lowest BCUT2D eigenvalue weighted by Gasteiger charge is -2.27. The van der Waals surface area contributed by atoms with Gasteiger partial charge in [-0.15, -0.1) is 0 Å². The number of amides is 1. The fraction of sp³-hybridized carbons (Fsp3) is 0.875. The predicted octanol–water partition coefficient (Wildman–Crippen LogP) is 0.977. The van der Waals surface area contributed by atoms with E-state index in [9.17, 15) is 4.79 Å². The SMILES string of the molecule is CCC(CC)(OCCS)C(N)=O. The topological polar surface area (TPSA) is 52.3 Å². The van der Waals surface area contributed by atoms with E-state index in [2.05, 4.69) is 12.6 Å². The van der Waals surface area contributed by atoms with Crippen LogP contribution < -0.4 is 5.73 Å². The van der Waals surface area contributed by atoms with Crippen molar-refractivity contribution in [2.75, 3.05) is 12.4 Å². The molecule has 0 aliphatic rings. The molecule has 0 radical (unpaired) electrons. The minimum atomic E-state index is -0.775. The van der Waals surface area contributed by atoms with Crippen LogP contribution in [0.2, 0.25) is 0 Å². The molecule has 0 aromatic heterocycles. The molecule has 0 aromatic carbocycles. The molecule has 0 unspecified atom stereocenters. The first kappa shape index (κ1) is 11.8. The molecule has 0 saturated carbocycles. The van der Waals surface area contributed by atoms with Gasteiger partial charge in [0.2, 0.25) is 5.91 Å². The highest BCUT2D eigenvalue weighted by Crippen LogP contribution is 2.19. The Balaban J connectivity index is 4.25. The van der Waals surface area contributed by atoms with E-state index in [0.29, 0.717) is 25.2 Å². The van der Waals surface area contributed by atoms with Gasteiger partial charge in [-0.3, -0.25) is 4.79 Å². The van der Waals surface area contributed by atoms with Gasteiger partial charge in [0.1, 0.15) is 5.60 Å². The van der Waals surface area contributed by atoms with Crippen molar-refractivity contribution < 1.29 is 9.53 Å². The van der Waals surface area contributed by atoms with Gasteiger partial charge in [-0.25, -0.2) is 0 Å². The monoisotopic (exact) mass is 191 g/mol. The summed E-state index contributed by atoms with van der Waals surface area (Å²) in [4.78, 5) is 11.1. The Hall–Kier alpha value is -0.220. The van der Waals surface area contributed by atoms with Crippen LogP contribution in [-0.2, 0) is 9.53 Å². The fourth-order valence-electron chi connectivity index (χ4n) is 1.11. The van der Waals surface area contributed by atoms with Gasteiger partial charge in [-0.1, -0.05) is 13.8 Å². The summed E-state index contributed by atoms with van der Waals surface area (Å²) in [5.41, 5.74) is 4.47. The summed E-state index contributed by atoms with van der Waals surface area (Å²) in [5, 5.41) is 0. The van der Waals surface area contributed by atoms with Crippen molar-refractivity contribution in [1.82, 2.24) is 0 Å². The molecule has 0 atom stereocenters. The Kier molecular flexibility index (Phi) is 5.33. The Morgan fingerprint density at radius 3 is 2.25 bits per heavy atom. The molecule has 1 amide bonds. The number of carbonyl (C=O) groups is 1. The molecule has 72 valence electrons. The number of thiol groups is 1. The first-order chi connectivity index (χ1) is 5.63. The number of rotatable bonds is 6. The van der Waals surface area contributed by atoms with Crippen LogP contribution >= 0.6 is 12.6 Å². The molecule has 0 heterocycles. The maximum Gasteiger partial charge on any atom is 0.249 e. The zero-order valence-corrected chi connectivity index (χ0v) is 8.56. The maximum atomic E-state index is 11.1. The summed E-state index contributed by atoms with van der Waals surface area (Å²) in [5.74, 6) is 0.226. The molecule has 4 heteroatoms. The first-order valence-corrected chi connectivity index (χ1v) is 4.81. The van der Waals surface area contributed by atoms with Crippen molar-refractivity contribution in [1.29, 1.82) is 0 Å². The lowest BCUT2D eigenvalue weighted by atomic mass is 9.96. The van der Waals surface area contributed by atoms with E-state index in [1.54, 1.807) is 0 Å². The van der Waals surface area contributed by atoms with Crippen LogP contribution in [0, 0.1) is 0 Å². The molecule has 3 nitrogen and oxygen atoms in total. The van der Waals surface area contributed by atoms with Gasteiger partial charge >= 0.3 is 0 Å². The smallest absolute Gasteiger partial charge is 0.249 e. The van der Waals surface area contributed by atoms with E-state index in [1.807, 2.05) is 13.8 Å². The summed E-state index contributed by atoms with van der Waals surface area (Å²) in [6.45, 7) is 4.26. The normalized spacial score (nSPS) is 11.6. The summed E-state index contributed by atoms with van der Waals surface area (Å²) in [6, 6.07) is 0. The first-order valence-electron chi connectivity index (χ1n) is 4.17. The van der Waals surface area contributed by atoms with E-state index in [-0.39, 0.29) is 5.91 Å². The third-order valence-electron chi connectivity index (χ3n) is 2.06. The fourth-order valence-corrected chi connectivity index (χ4v) is 1.21. The molecule has 0 fully saturated rings. The Bertz CT molecular complexity index is 146. The molecule has 2 N–H and O–H groups in total. The second-order valence-corrected chi connectivity index (χ2v) is 3.08. The summed E-state index contributed by atoms with van der Waals surface area (Å²) in [7, 11) is 0. The number of carbonyl (C=O) groups excluding carboxylic acids is 1. The quantitative estimate of drug-likeness (QED) is 0.615. The van der Waals surface area contributed by atoms with Crippen molar-refractivity contribution in [3.05, 3.63) is 0 Å². The van der Waals surface area contributed by atoms with Crippen LogP contribution in [0.4, 0.5) is 0 Å². The predicted molar refractivity (Wildman–Crippen MR) is 52.3 cm³/mol. The van der Waals surface area contributed by atoms with Gasteiger partial charge in [0, 0.05) is 5.75 Å². The van der Waals surface area contributed by atoms with Crippen LogP contribution in [0.5, 0.6) is 0 Å². The van der Waals surface area contributed by atoms with Crippen molar-refractivity contribution in [2.24, 2.45) is 5.73 Å². The summed E-state index contributed by atoms with van der Waals surface area (Å²) < 4.78 is 5.39. The highest BCUT2D eigenvalue weighted by molar-refractivity contribution is 7.80. The molecule has 0 saturated heterocycles. The van der Waals surface area contributed by atoms with E-state index in [0.717, 1.165) is 0 Å². The third kappa shape index (κ3) is 2.68. The molecule has 12 heavy (non-hydrogen) atoms. The molecule has 0 spiro atoms. The lowest BCUT2D eigenvalue weighted by molar-refractivity contribution is -0.144. The van der Waals surface area contributed by atoms with Crippen molar-refractivity contribution in [2.45, 2.75) is 32.3 Å². The van der Waals surface area contributed by atoms with Gasteiger partial charge in [-0.2, -0.15) is 12.6 Å². The average molecular weight is 191 g/mol. The van der Waals surface area contributed by atoms with E-state index < -0.39 is 5.60 Å². The number of hydrogen-bond acceptors (Lipinski definition) is 3. The molecule has 0 bridgehead atoms. The van der Waals surface area contributed by atoms with Crippen molar-refractivity contribution in [3.63, 3.8) is 0 Å². The van der Waals surface area contributed by atoms with Crippen LogP contribution in [0.1, 0.15) is 26.7 Å². The second kappa shape index (κ2) is 5.43. The lowest BCUT2D eigenvalue weighted by Crippen LogP contribution is -2.45. The van der Waals surface area contributed by atoms with Gasteiger partial charge < -0.3 is 10.5 Å². The Morgan fingerprint density at radius 1 is 1.50 bits per heavy atom. The highest BCUT2D eigenvalue weighted by atomic mass is 32.1. The number of primary amides is 1. The van der Waals surface area contributed by atoms with Crippen LogP contribution in [0.3, 0.4) is 0 Å². The molecular formula is C8H17NO2S. The Morgan fingerprint density at radius 2 is 2.00 bits per heavy atom. The van der Waals surface area contributed by atoms with Crippen LogP contribution in [0.25, 0.3) is 0 Å². The molecule has 0 aromatic rings. The molecule has 0 aliphatic carbocycles.